The highest BCUT2D eigenvalue weighted by Crippen LogP contribution is 2.40. The summed E-state index contributed by atoms with van der Waals surface area (Å²) in [5.74, 6) is 0. The van der Waals surface area contributed by atoms with Crippen LogP contribution in [0.15, 0.2) is 120 Å². The molecule has 0 saturated carbocycles. The maximum absolute atomic E-state index is 6.34. The van der Waals surface area contributed by atoms with Crippen LogP contribution >= 0.6 is 0 Å². The average Bonchev–Trinajstić information content (AvgIpc) is 3.20. The first-order valence-corrected chi connectivity index (χ1v) is 13.0. The van der Waals surface area contributed by atoms with E-state index < -0.39 is 0 Å². The number of pyridine rings is 1. The minimum Gasteiger partial charge on any atom is -0.456 e. The molecule has 1 aliphatic rings. The van der Waals surface area contributed by atoms with Crippen molar-refractivity contribution in [2.45, 2.75) is 6.42 Å². The lowest BCUT2D eigenvalue weighted by Gasteiger charge is -2.09. The topological polar surface area (TPSA) is 26.0 Å². The van der Waals surface area contributed by atoms with E-state index in [9.17, 15) is 0 Å². The van der Waals surface area contributed by atoms with Crippen molar-refractivity contribution in [2.24, 2.45) is 0 Å². The van der Waals surface area contributed by atoms with Gasteiger partial charge in [-0.05, 0) is 79.5 Å². The molecule has 1 aliphatic carbocycles. The average molecular weight is 486 g/mol. The zero-order valence-electron chi connectivity index (χ0n) is 20.7. The van der Waals surface area contributed by atoms with Crippen molar-refractivity contribution in [2.75, 3.05) is 0 Å². The zero-order valence-corrected chi connectivity index (χ0v) is 20.7. The minimum atomic E-state index is 0.876. The molecule has 0 amide bonds. The fourth-order valence-corrected chi connectivity index (χ4v) is 5.97. The molecule has 0 saturated heterocycles. The van der Waals surface area contributed by atoms with Crippen molar-refractivity contribution in [1.82, 2.24) is 4.98 Å². The summed E-state index contributed by atoms with van der Waals surface area (Å²) in [6, 6.07) is 34.5. The Kier molecular flexibility index (Phi) is 4.62. The Morgan fingerprint density at radius 2 is 1.50 bits per heavy atom. The van der Waals surface area contributed by atoms with Crippen LogP contribution in [0.3, 0.4) is 0 Å². The monoisotopic (exact) mass is 485 g/mol. The lowest BCUT2D eigenvalue weighted by molar-refractivity contribution is 0.669. The summed E-state index contributed by atoms with van der Waals surface area (Å²) < 4.78 is 6.34. The van der Waals surface area contributed by atoms with Crippen molar-refractivity contribution in [1.29, 1.82) is 0 Å². The van der Waals surface area contributed by atoms with Crippen LogP contribution < -0.4 is 10.4 Å². The fourth-order valence-electron chi connectivity index (χ4n) is 5.97. The zero-order chi connectivity index (χ0) is 25.1. The minimum absolute atomic E-state index is 0.876. The maximum atomic E-state index is 6.34. The van der Waals surface area contributed by atoms with Crippen LogP contribution in [0, 0.1) is 0 Å². The molecule has 178 valence electrons. The highest BCUT2D eigenvalue weighted by Gasteiger charge is 2.15. The number of hydrogen-bond acceptors (Lipinski definition) is 2. The standard InChI is InChI=1S/C36H23NO/c1-2-7-28-24(5-1)13-14-26-12-11-23(15-17-29(26)28)27-16-18-34-32(21-27)36-31(9-4-10-35(36)38-34)30-8-3-6-25-19-20-37-22-33(25)30/h1-14,16-22H,15H2. The molecule has 0 atom stereocenters. The number of benzene rings is 5. The quantitative estimate of drug-likeness (QED) is 0.248. The molecule has 0 unspecified atom stereocenters. The first-order valence-electron chi connectivity index (χ1n) is 13.0. The molecule has 38 heavy (non-hydrogen) atoms. The number of hydrogen-bond donors (Lipinski definition) is 0. The molecule has 5 aromatic carbocycles. The predicted octanol–water partition coefficient (Wildman–Crippen LogP) is 8.00. The number of allylic oxidation sites excluding steroid dienone is 2. The summed E-state index contributed by atoms with van der Waals surface area (Å²) in [7, 11) is 0. The van der Waals surface area contributed by atoms with E-state index in [2.05, 4.69) is 120 Å². The molecule has 2 nitrogen and oxygen atoms in total. The summed E-state index contributed by atoms with van der Waals surface area (Å²) in [5.41, 5.74) is 6.68. The molecule has 0 fully saturated rings. The van der Waals surface area contributed by atoms with Crippen molar-refractivity contribution < 1.29 is 4.42 Å². The van der Waals surface area contributed by atoms with E-state index in [0.29, 0.717) is 0 Å². The van der Waals surface area contributed by atoms with E-state index in [-0.39, 0.29) is 0 Å². The predicted molar refractivity (Wildman–Crippen MR) is 159 cm³/mol. The molecule has 0 bridgehead atoms. The van der Waals surface area contributed by atoms with Gasteiger partial charge in [0, 0.05) is 28.6 Å². The van der Waals surface area contributed by atoms with Gasteiger partial charge >= 0.3 is 0 Å². The van der Waals surface area contributed by atoms with Gasteiger partial charge in [0.1, 0.15) is 11.2 Å². The molecule has 2 aromatic heterocycles. The molecule has 2 heterocycles. The van der Waals surface area contributed by atoms with E-state index >= 15 is 0 Å². The molecule has 0 radical (unpaired) electrons. The number of fused-ring (bicyclic) bond motifs is 7. The van der Waals surface area contributed by atoms with Crippen molar-refractivity contribution in [3.05, 3.63) is 132 Å². The molecule has 2 heteroatoms. The molecule has 7 aromatic rings. The smallest absolute Gasteiger partial charge is 0.136 e. The first kappa shape index (κ1) is 21.2. The third kappa shape index (κ3) is 3.24. The van der Waals surface area contributed by atoms with Gasteiger partial charge in [-0.3, -0.25) is 4.98 Å². The van der Waals surface area contributed by atoms with Gasteiger partial charge in [-0.1, -0.05) is 91.0 Å². The molecule has 0 aliphatic heterocycles. The van der Waals surface area contributed by atoms with Gasteiger partial charge in [0.2, 0.25) is 0 Å². The van der Waals surface area contributed by atoms with Crippen molar-refractivity contribution >= 4 is 61.2 Å². The van der Waals surface area contributed by atoms with Gasteiger partial charge in [0.25, 0.3) is 0 Å². The largest absolute Gasteiger partial charge is 0.456 e. The van der Waals surface area contributed by atoms with Crippen LogP contribution in [0.5, 0.6) is 0 Å². The molecule has 8 rings (SSSR count). The van der Waals surface area contributed by atoms with E-state index in [1.165, 1.54) is 48.9 Å². The van der Waals surface area contributed by atoms with Crippen LogP contribution in [0.1, 0.15) is 12.0 Å². The Morgan fingerprint density at radius 3 is 2.50 bits per heavy atom. The van der Waals surface area contributed by atoms with Crippen LogP contribution in [0.4, 0.5) is 0 Å². The Bertz CT molecular complexity index is 2210. The number of furan rings is 1. The van der Waals surface area contributed by atoms with Gasteiger partial charge in [-0.2, -0.15) is 0 Å². The fraction of sp³-hybridized carbons (Fsp3) is 0.0278. The van der Waals surface area contributed by atoms with Crippen molar-refractivity contribution in [3.8, 4) is 11.1 Å². The van der Waals surface area contributed by atoms with Crippen molar-refractivity contribution in [3.63, 3.8) is 0 Å². The SMILES string of the molecule is C1=C(c2ccc3oc4cccc(-c5cccc6ccncc56)c4c3c2)CC=c2c(ccc3ccccc23)=C1. The van der Waals surface area contributed by atoms with Gasteiger partial charge in [0.05, 0.1) is 0 Å². The highest BCUT2D eigenvalue weighted by atomic mass is 16.3. The first-order chi connectivity index (χ1) is 18.8. The van der Waals surface area contributed by atoms with E-state index in [1.807, 2.05) is 12.4 Å². The van der Waals surface area contributed by atoms with Crippen LogP contribution in [-0.2, 0) is 0 Å². The van der Waals surface area contributed by atoms with Gasteiger partial charge in [-0.25, -0.2) is 0 Å². The lowest BCUT2D eigenvalue weighted by Crippen LogP contribution is -2.24. The molecule has 0 N–H and O–H groups in total. The Labute approximate surface area is 219 Å². The summed E-state index contributed by atoms with van der Waals surface area (Å²) >= 11 is 0. The second-order valence-electron chi connectivity index (χ2n) is 9.95. The highest BCUT2D eigenvalue weighted by molar-refractivity contribution is 6.15. The number of nitrogens with zero attached hydrogens (tertiary/aromatic N) is 1. The third-order valence-electron chi connectivity index (χ3n) is 7.83. The Morgan fingerprint density at radius 1 is 0.632 bits per heavy atom. The number of rotatable bonds is 2. The summed E-state index contributed by atoms with van der Waals surface area (Å²) in [6.45, 7) is 0. The maximum Gasteiger partial charge on any atom is 0.136 e. The Balaban J connectivity index is 1.31. The normalized spacial score (nSPS) is 13.2. The third-order valence-corrected chi connectivity index (χ3v) is 7.83. The molecular weight excluding hydrogens is 462 g/mol. The number of aromatic nitrogens is 1. The van der Waals surface area contributed by atoms with Gasteiger partial charge < -0.3 is 4.42 Å². The summed E-state index contributed by atoms with van der Waals surface area (Å²) in [6.07, 6.45) is 11.6. The summed E-state index contributed by atoms with van der Waals surface area (Å²) in [5, 5.41) is 9.79. The Hall–Kier alpha value is -4.95. The van der Waals surface area contributed by atoms with E-state index in [1.54, 1.807) is 0 Å². The second kappa shape index (κ2) is 8.29. The second-order valence-corrected chi connectivity index (χ2v) is 9.95. The van der Waals surface area contributed by atoms with Crippen LogP contribution in [0.2, 0.25) is 0 Å². The van der Waals surface area contributed by atoms with Crippen LogP contribution in [-0.4, -0.2) is 4.98 Å². The van der Waals surface area contributed by atoms with E-state index in [0.717, 1.165) is 33.7 Å². The van der Waals surface area contributed by atoms with Gasteiger partial charge in [0.15, 0.2) is 0 Å². The lowest BCUT2D eigenvalue weighted by atomic mass is 9.94. The van der Waals surface area contributed by atoms with Crippen LogP contribution in [0.25, 0.3) is 72.3 Å². The summed E-state index contributed by atoms with van der Waals surface area (Å²) in [4.78, 5) is 4.41. The van der Waals surface area contributed by atoms with Gasteiger partial charge in [-0.15, -0.1) is 0 Å². The van der Waals surface area contributed by atoms with E-state index in [4.69, 9.17) is 4.42 Å². The molecule has 0 spiro atoms. The molecular formula is C36H23NO.